The Morgan fingerprint density at radius 3 is 2.88 bits per heavy atom. The molecule has 0 aliphatic heterocycles. The molecular formula is C21H23ClN6O4. The summed E-state index contributed by atoms with van der Waals surface area (Å²) >= 11 is 6.07. The van der Waals surface area contributed by atoms with E-state index in [4.69, 9.17) is 26.8 Å². The maximum absolute atomic E-state index is 12.9. The minimum atomic E-state index is -0.662. The molecule has 0 radical (unpaired) electrons. The molecule has 0 saturated carbocycles. The molecule has 32 heavy (non-hydrogen) atoms. The Labute approximate surface area is 187 Å². The van der Waals surface area contributed by atoms with Gasteiger partial charge in [0.1, 0.15) is 19.4 Å². The molecule has 11 heteroatoms. The molecule has 10 nitrogen and oxygen atoms in total. The fourth-order valence-electron chi connectivity index (χ4n) is 3.13. The van der Waals surface area contributed by atoms with E-state index in [2.05, 4.69) is 15.0 Å². The largest absolute Gasteiger partial charge is 0.462 e. The number of imidazole rings is 2. The second-order valence-corrected chi connectivity index (χ2v) is 8.09. The fraction of sp³-hybridized carbons (Fsp3) is 0.333. The van der Waals surface area contributed by atoms with Crippen LogP contribution >= 0.6 is 11.6 Å². The summed E-state index contributed by atoms with van der Waals surface area (Å²) < 4.78 is 13.7. The molecule has 0 aliphatic rings. The highest BCUT2D eigenvalue weighted by Gasteiger charge is 2.18. The molecule has 0 bridgehead atoms. The van der Waals surface area contributed by atoms with Gasteiger partial charge in [-0.2, -0.15) is 4.98 Å². The summed E-state index contributed by atoms with van der Waals surface area (Å²) in [6, 6.07) is 6.62. The number of aromatic amines is 1. The second kappa shape index (κ2) is 9.11. The van der Waals surface area contributed by atoms with Crippen LogP contribution in [0.5, 0.6) is 0 Å². The molecule has 4 aromatic rings. The van der Waals surface area contributed by atoms with E-state index in [1.54, 1.807) is 22.9 Å². The minimum absolute atomic E-state index is 0.00446. The van der Waals surface area contributed by atoms with Crippen molar-refractivity contribution in [2.75, 3.05) is 13.2 Å². The lowest BCUT2D eigenvalue weighted by atomic mass is 10.1. The minimum Gasteiger partial charge on any atom is -0.462 e. The highest BCUT2D eigenvalue weighted by Crippen LogP contribution is 2.22. The zero-order chi connectivity index (χ0) is 22.8. The van der Waals surface area contributed by atoms with Gasteiger partial charge >= 0.3 is 5.97 Å². The molecule has 168 valence electrons. The lowest BCUT2D eigenvalue weighted by molar-refractivity contribution is -0.148. The first-order valence-electron chi connectivity index (χ1n) is 10.1. The van der Waals surface area contributed by atoms with Crippen molar-refractivity contribution in [2.24, 2.45) is 11.7 Å². The molecule has 3 heterocycles. The molecule has 4 rings (SSSR count). The van der Waals surface area contributed by atoms with Gasteiger partial charge in [-0.15, -0.1) is 0 Å². The molecule has 3 N–H and O–H groups in total. The maximum atomic E-state index is 12.9. The first-order chi connectivity index (χ1) is 15.3. The van der Waals surface area contributed by atoms with Gasteiger partial charge < -0.3 is 20.2 Å². The Morgan fingerprint density at radius 2 is 2.12 bits per heavy atom. The van der Waals surface area contributed by atoms with Crippen LogP contribution in [0.4, 0.5) is 0 Å². The summed E-state index contributed by atoms with van der Waals surface area (Å²) in [4.78, 5) is 36.5. The van der Waals surface area contributed by atoms with E-state index in [1.165, 1.54) is 10.7 Å². The summed E-state index contributed by atoms with van der Waals surface area (Å²) in [6.45, 7) is 4.03. The molecule has 0 unspecified atom stereocenters. The van der Waals surface area contributed by atoms with E-state index in [0.717, 1.165) is 5.56 Å². The van der Waals surface area contributed by atoms with Crippen LogP contribution in [0.3, 0.4) is 0 Å². The number of nitrogens with two attached hydrogens (primary N) is 1. The number of nitrogens with zero attached hydrogens (tertiary/aromatic N) is 4. The van der Waals surface area contributed by atoms with Crippen LogP contribution in [0.25, 0.3) is 28.2 Å². The Bertz CT molecular complexity index is 1330. The predicted octanol–water partition coefficient (Wildman–Crippen LogP) is 2.19. The Kier molecular flexibility index (Phi) is 6.26. The van der Waals surface area contributed by atoms with Gasteiger partial charge in [0.05, 0.1) is 18.6 Å². The smallest absolute Gasteiger partial charge is 0.323 e. The van der Waals surface area contributed by atoms with Crippen LogP contribution in [0.15, 0.2) is 41.6 Å². The van der Waals surface area contributed by atoms with Gasteiger partial charge in [-0.25, -0.2) is 9.38 Å². The summed E-state index contributed by atoms with van der Waals surface area (Å²) in [5.41, 5.74) is 7.58. The molecule has 0 amide bonds. The lowest BCUT2D eigenvalue weighted by Crippen LogP contribution is -2.37. The number of rotatable bonds is 8. The highest BCUT2D eigenvalue weighted by atomic mass is 35.5. The SMILES string of the molecule is CC(C)[C@@H](N)C(=O)OCCOCn1cnc2c(=O)n3cc(-c4cccc(Cl)c4)[nH]c3nc21. The zero-order valence-corrected chi connectivity index (χ0v) is 18.4. The number of nitrogens with one attached hydrogen (secondary N) is 1. The number of aromatic nitrogens is 5. The molecule has 0 saturated heterocycles. The number of hydrogen-bond donors (Lipinski definition) is 2. The standard InChI is InChI=1S/C21H23ClN6O4/c1-12(2)16(23)20(30)32-7-6-31-11-27-10-24-17-18(27)26-21-25-15(9-28(21)19(17)29)13-4-3-5-14(22)8-13/h3-5,8-10,12,16H,6-7,11,23H2,1-2H3,(H,25,26)/t16-/m1/s1. The zero-order valence-electron chi connectivity index (χ0n) is 17.6. The van der Waals surface area contributed by atoms with Crippen molar-refractivity contribution in [3.05, 3.63) is 52.2 Å². The second-order valence-electron chi connectivity index (χ2n) is 7.65. The number of carbonyl (C=O) groups is 1. The predicted molar refractivity (Wildman–Crippen MR) is 119 cm³/mol. The highest BCUT2D eigenvalue weighted by molar-refractivity contribution is 6.30. The third kappa shape index (κ3) is 4.38. The Hall–Kier alpha value is -3.21. The van der Waals surface area contributed by atoms with Crippen molar-refractivity contribution in [2.45, 2.75) is 26.6 Å². The Balaban J connectivity index is 1.48. The van der Waals surface area contributed by atoms with Crippen LogP contribution in [-0.2, 0) is 21.0 Å². The first-order valence-corrected chi connectivity index (χ1v) is 10.4. The number of esters is 1. The maximum Gasteiger partial charge on any atom is 0.323 e. The number of fused-ring (bicyclic) bond motifs is 2. The van der Waals surface area contributed by atoms with Gasteiger partial charge in [0.15, 0.2) is 11.2 Å². The van der Waals surface area contributed by atoms with Crippen molar-refractivity contribution in [1.29, 1.82) is 0 Å². The van der Waals surface area contributed by atoms with Crippen molar-refractivity contribution >= 4 is 34.5 Å². The van der Waals surface area contributed by atoms with E-state index in [9.17, 15) is 9.59 Å². The van der Waals surface area contributed by atoms with Crippen molar-refractivity contribution in [3.8, 4) is 11.3 Å². The molecule has 3 aromatic heterocycles. The molecule has 0 fully saturated rings. The van der Waals surface area contributed by atoms with E-state index < -0.39 is 12.0 Å². The van der Waals surface area contributed by atoms with Gasteiger partial charge in [0, 0.05) is 16.8 Å². The normalized spacial score (nSPS) is 12.7. The first kappa shape index (κ1) is 22.0. The van der Waals surface area contributed by atoms with Crippen molar-refractivity contribution < 1.29 is 14.3 Å². The number of benzene rings is 1. The average Bonchev–Trinajstić information content (AvgIpc) is 3.38. The van der Waals surface area contributed by atoms with Gasteiger partial charge in [0.2, 0.25) is 5.78 Å². The summed E-state index contributed by atoms with van der Waals surface area (Å²) in [6.07, 6.45) is 3.15. The molecule has 0 aliphatic carbocycles. The van der Waals surface area contributed by atoms with E-state index in [1.807, 2.05) is 26.0 Å². The monoisotopic (exact) mass is 458 g/mol. The number of hydrogen-bond acceptors (Lipinski definition) is 7. The third-order valence-corrected chi connectivity index (χ3v) is 5.24. The fourth-order valence-corrected chi connectivity index (χ4v) is 3.32. The van der Waals surface area contributed by atoms with Crippen LogP contribution in [0.1, 0.15) is 13.8 Å². The quantitative estimate of drug-likeness (QED) is 0.306. The topological polar surface area (TPSA) is 130 Å². The van der Waals surface area contributed by atoms with Crippen LogP contribution in [0, 0.1) is 5.92 Å². The molecule has 1 aromatic carbocycles. The Morgan fingerprint density at radius 1 is 1.31 bits per heavy atom. The molecule has 1 atom stereocenters. The number of ether oxygens (including phenoxy) is 2. The van der Waals surface area contributed by atoms with E-state index in [0.29, 0.717) is 22.1 Å². The number of H-pyrrole nitrogens is 1. The van der Waals surface area contributed by atoms with Crippen LogP contribution in [-0.4, -0.2) is 49.1 Å². The molecular weight excluding hydrogens is 436 g/mol. The average molecular weight is 459 g/mol. The molecule has 0 spiro atoms. The number of halogens is 1. The summed E-state index contributed by atoms with van der Waals surface area (Å²) in [5, 5.41) is 0.591. The van der Waals surface area contributed by atoms with Gasteiger partial charge in [-0.3, -0.25) is 14.2 Å². The van der Waals surface area contributed by atoms with Crippen molar-refractivity contribution in [3.63, 3.8) is 0 Å². The van der Waals surface area contributed by atoms with Crippen LogP contribution < -0.4 is 11.3 Å². The lowest BCUT2D eigenvalue weighted by Gasteiger charge is -2.14. The van der Waals surface area contributed by atoms with Gasteiger partial charge in [-0.1, -0.05) is 37.6 Å². The van der Waals surface area contributed by atoms with Crippen LogP contribution in [0.2, 0.25) is 5.02 Å². The number of carbonyl (C=O) groups excluding carboxylic acids is 1. The third-order valence-electron chi connectivity index (χ3n) is 5.00. The van der Waals surface area contributed by atoms with E-state index in [-0.39, 0.29) is 36.9 Å². The van der Waals surface area contributed by atoms with Gasteiger partial charge in [0.25, 0.3) is 5.56 Å². The summed E-state index contributed by atoms with van der Waals surface area (Å²) in [5.74, 6) is -0.0953. The van der Waals surface area contributed by atoms with Crippen molar-refractivity contribution in [1.82, 2.24) is 23.9 Å². The van der Waals surface area contributed by atoms with Gasteiger partial charge in [-0.05, 0) is 18.1 Å². The summed E-state index contributed by atoms with van der Waals surface area (Å²) in [7, 11) is 0. The van der Waals surface area contributed by atoms with E-state index >= 15 is 0 Å².